The smallest absolute Gasteiger partial charge is 0.262 e. The number of ether oxygens (including phenoxy) is 2. The number of aromatic nitrogens is 6. The van der Waals surface area contributed by atoms with Crippen molar-refractivity contribution in [2.24, 2.45) is 0 Å². The number of aromatic amines is 1. The van der Waals surface area contributed by atoms with Crippen molar-refractivity contribution in [1.82, 2.24) is 29.9 Å². The number of anilines is 1. The largest absolute Gasteiger partial charge is 0.478 e. The Hall–Kier alpha value is -3.49. The Bertz CT molecular complexity index is 1300. The summed E-state index contributed by atoms with van der Waals surface area (Å²) in [6.45, 7) is 3.97. The van der Waals surface area contributed by atoms with Gasteiger partial charge in [-0.2, -0.15) is 20.4 Å². The number of hydrogen-bond donors (Lipinski definition) is 2. The quantitative estimate of drug-likeness (QED) is 0.324. The fraction of sp³-hybridized carbons (Fsp3) is 0.286. The molecule has 2 N–H and O–H groups in total. The third-order valence-electron chi connectivity index (χ3n) is 5.03. The number of fused-ring (bicyclic) bond motifs is 1. The molecule has 0 aliphatic carbocycles. The van der Waals surface area contributed by atoms with Crippen LogP contribution in [0.2, 0.25) is 5.02 Å². The van der Waals surface area contributed by atoms with Crippen LogP contribution in [0.3, 0.4) is 0 Å². The summed E-state index contributed by atoms with van der Waals surface area (Å²) in [6, 6.07) is 5.70. The van der Waals surface area contributed by atoms with Crippen LogP contribution in [0, 0.1) is 11.3 Å². The number of hydrogen-bond acceptors (Lipinski definition) is 9. The SMILES string of the molecule is CCC(C)c1nc(NSc2c[nH]c3c(-n4nccn4)c(Cl)ccc23)nc(OC)c1OCC#N. The van der Waals surface area contributed by atoms with Gasteiger partial charge >= 0.3 is 0 Å². The summed E-state index contributed by atoms with van der Waals surface area (Å²) in [4.78, 5) is 14.7. The molecular weight excluding hydrogens is 464 g/mol. The number of nitrogens with one attached hydrogen (secondary N) is 2. The maximum Gasteiger partial charge on any atom is 0.262 e. The maximum absolute atomic E-state index is 8.91. The van der Waals surface area contributed by atoms with Gasteiger partial charge in [-0.05, 0) is 30.5 Å². The lowest BCUT2D eigenvalue weighted by molar-refractivity contribution is 0.313. The molecule has 1 unspecified atom stereocenters. The second-order valence-electron chi connectivity index (χ2n) is 7.02. The molecule has 4 aromatic rings. The van der Waals surface area contributed by atoms with Gasteiger partial charge in [-0.1, -0.05) is 25.4 Å². The third kappa shape index (κ3) is 4.53. The molecule has 4 rings (SSSR count). The predicted octanol–water partition coefficient (Wildman–Crippen LogP) is 4.74. The van der Waals surface area contributed by atoms with Crippen molar-refractivity contribution in [3.63, 3.8) is 0 Å². The number of nitriles is 1. The Morgan fingerprint density at radius 1 is 1.30 bits per heavy atom. The van der Waals surface area contributed by atoms with E-state index in [9.17, 15) is 0 Å². The zero-order valence-corrected chi connectivity index (χ0v) is 19.7. The van der Waals surface area contributed by atoms with Gasteiger partial charge in [0.2, 0.25) is 11.7 Å². The first-order valence-electron chi connectivity index (χ1n) is 10.1. The summed E-state index contributed by atoms with van der Waals surface area (Å²) in [5.74, 6) is 1.12. The highest BCUT2D eigenvalue weighted by molar-refractivity contribution is 8.00. The lowest BCUT2D eigenvalue weighted by Gasteiger charge is -2.17. The van der Waals surface area contributed by atoms with E-state index in [0.29, 0.717) is 28.1 Å². The molecule has 1 atom stereocenters. The lowest BCUT2D eigenvalue weighted by Crippen LogP contribution is -2.09. The Balaban J connectivity index is 1.65. The Morgan fingerprint density at radius 2 is 2.09 bits per heavy atom. The number of benzene rings is 1. The first kappa shape index (κ1) is 22.7. The van der Waals surface area contributed by atoms with Crippen molar-refractivity contribution in [1.29, 1.82) is 5.26 Å². The summed E-state index contributed by atoms with van der Waals surface area (Å²) >= 11 is 7.76. The van der Waals surface area contributed by atoms with Gasteiger partial charge in [-0.15, -0.1) is 4.80 Å². The molecule has 3 heterocycles. The van der Waals surface area contributed by atoms with Gasteiger partial charge in [-0.25, -0.2) is 4.98 Å². The molecule has 10 nitrogen and oxygen atoms in total. The van der Waals surface area contributed by atoms with E-state index in [4.69, 9.17) is 26.3 Å². The van der Waals surface area contributed by atoms with E-state index >= 15 is 0 Å². The van der Waals surface area contributed by atoms with E-state index < -0.39 is 0 Å². The molecule has 0 amide bonds. The number of nitrogens with zero attached hydrogens (tertiary/aromatic N) is 6. The first-order valence-corrected chi connectivity index (χ1v) is 11.3. The molecule has 0 aliphatic heterocycles. The van der Waals surface area contributed by atoms with Crippen LogP contribution in [0.1, 0.15) is 31.9 Å². The van der Waals surface area contributed by atoms with Gasteiger partial charge in [-0.3, -0.25) is 4.72 Å². The van der Waals surface area contributed by atoms with Crippen LogP contribution in [0.5, 0.6) is 11.6 Å². The average Bonchev–Trinajstić information content (AvgIpc) is 3.51. The maximum atomic E-state index is 8.91. The molecule has 0 bridgehead atoms. The van der Waals surface area contributed by atoms with Gasteiger partial charge in [0.25, 0.3) is 5.88 Å². The predicted molar refractivity (Wildman–Crippen MR) is 126 cm³/mol. The lowest BCUT2D eigenvalue weighted by atomic mass is 10.0. The number of rotatable bonds is 9. The second-order valence-corrected chi connectivity index (χ2v) is 8.28. The number of halogens is 1. The van der Waals surface area contributed by atoms with Crippen molar-refractivity contribution < 1.29 is 9.47 Å². The molecular formula is C21H21ClN8O2S. The zero-order valence-electron chi connectivity index (χ0n) is 18.2. The molecule has 0 spiro atoms. The molecule has 0 aliphatic rings. The second kappa shape index (κ2) is 9.97. The van der Waals surface area contributed by atoms with E-state index in [1.165, 1.54) is 23.9 Å². The van der Waals surface area contributed by atoms with Crippen LogP contribution in [0.4, 0.5) is 5.95 Å². The molecule has 33 heavy (non-hydrogen) atoms. The molecule has 1 aromatic carbocycles. The minimum absolute atomic E-state index is 0.0838. The van der Waals surface area contributed by atoms with Crippen LogP contribution in [0.15, 0.2) is 35.6 Å². The summed E-state index contributed by atoms with van der Waals surface area (Å²) in [6.07, 6.45) is 5.89. The molecule has 0 saturated carbocycles. The van der Waals surface area contributed by atoms with Crippen LogP contribution in [-0.2, 0) is 0 Å². The molecule has 12 heteroatoms. The van der Waals surface area contributed by atoms with Crippen molar-refractivity contribution in [2.45, 2.75) is 31.1 Å². The van der Waals surface area contributed by atoms with E-state index in [0.717, 1.165) is 22.2 Å². The Morgan fingerprint density at radius 3 is 2.79 bits per heavy atom. The van der Waals surface area contributed by atoms with E-state index in [-0.39, 0.29) is 18.4 Å². The molecule has 0 saturated heterocycles. The fourth-order valence-electron chi connectivity index (χ4n) is 3.24. The summed E-state index contributed by atoms with van der Waals surface area (Å²) in [5, 5.41) is 18.8. The highest BCUT2D eigenvalue weighted by atomic mass is 35.5. The molecule has 170 valence electrons. The van der Waals surface area contributed by atoms with Crippen LogP contribution < -0.4 is 14.2 Å². The molecule has 3 aromatic heterocycles. The summed E-state index contributed by atoms with van der Waals surface area (Å²) < 4.78 is 14.2. The summed E-state index contributed by atoms with van der Waals surface area (Å²) in [7, 11) is 1.51. The van der Waals surface area contributed by atoms with Gasteiger partial charge in [0.05, 0.1) is 40.6 Å². The number of methoxy groups -OCH3 is 1. The standard InChI is InChI=1S/C21H21ClN8O2S/c1-4-12(2)16-19(32-10-7-23)20(31-3)28-21(27-16)29-33-15-11-24-17-13(15)5-6-14(22)18(17)30-25-8-9-26-30/h5-6,8-9,11-12,24H,4,10H2,1-3H3,(H,27,28,29). The van der Waals surface area contributed by atoms with Crippen LogP contribution in [-0.4, -0.2) is 43.7 Å². The first-order chi connectivity index (χ1) is 16.1. The molecule has 0 radical (unpaired) electrons. The van der Waals surface area contributed by atoms with Gasteiger partial charge < -0.3 is 14.5 Å². The topological polar surface area (TPSA) is 127 Å². The van der Waals surface area contributed by atoms with E-state index in [2.05, 4.69) is 36.8 Å². The van der Waals surface area contributed by atoms with Crippen LogP contribution in [0.25, 0.3) is 16.6 Å². The average molecular weight is 485 g/mol. The normalized spacial score (nSPS) is 11.8. The van der Waals surface area contributed by atoms with Gasteiger partial charge in [0.1, 0.15) is 11.8 Å². The highest BCUT2D eigenvalue weighted by Gasteiger charge is 2.21. The minimum Gasteiger partial charge on any atom is -0.478 e. The monoisotopic (exact) mass is 484 g/mol. The Kier molecular flexibility index (Phi) is 6.86. The fourth-order valence-corrected chi connectivity index (χ4v) is 4.17. The van der Waals surface area contributed by atoms with E-state index in [1.807, 2.05) is 31.3 Å². The van der Waals surface area contributed by atoms with E-state index in [1.54, 1.807) is 12.4 Å². The Labute approximate surface area is 199 Å². The van der Waals surface area contributed by atoms with Crippen LogP contribution >= 0.6 is 23.5 Å². The summed E-state index contributed by atoms with van der Waals surface area (Å²) in [5.41, 5.74) is 2.16. The minimum atomic E-state index is -0.115. The van der Waals surface area contributed by atoms with Crippen molar-refractivity contribution >= 4 is 40.4 Å². The zero-order chi connectivity index (χ0) is 23.4. The third-order valence-corrected chi connectivity index (χ3v) is 6.17. The molecule has 0 fully saturated rings. The number of H-pyrrole nitrogens is 1. The van der Waals surface area contributed by atoms with Crippen molar-refractivity contribution in [2.75, 3.05) is 18.4 Å². The van der Waals surface area contributed by atoms with Gasteiger partial charge in [0, 0.05) is 17.5 Å². The van der Waals surface area contributed by atoms with Crippen molar-refractivity contribution in [3.05, 3.63) is 41.4 Å². The van der Waals surface area contributed by atoms with Crippen molar-refractivity contribution in [3.8, 4) is 23.4 Å². The van der Waals surface area contributed by atoms with Gasteiger partial charge in [0.15, 0.2) is 6.61 Å². The highest BCUT2D eigenvalue weighted by Crippen LogP contribution is 2.38.